The average molecular weight is 222 g/mol. The Morgan fingerprint density at radius 1 is 1.43 bits per heavy atom. The minimum Gasteiger partial charge on any atom is -0.194 e. The summed E-state index contributed by atoms with van der Waals surface area (Å²) in [6.45, 7) is 0. The van der Waals surface area contributed by atoms with Crippen LogP contribution in [0.3, 0.4) is 0 Å². The van der Waals surface area contributed by atoms with Crippen molar-refractivity contribution in [2.24, 2.45) is 5.10 Å². The second kappa shape index (κ2) is 3.21. The van der Waals surface area contributed by atoms with Crippen LogP contribution in [0, 0.1) is 0 Å². The Balaban J connectivity index is 2.05. The van der Waals surface area contributed by atoms with Gasteiger partial charge >= 0.3 is 0 Å². The standard InChI is InChI=1S/C8H6N4S2/c1-2-7(13-3-1)6-4-14-8-10-9-5-12(8)11-6/h1-3,5H,4H2. The summed E-state index contributed by atoms with van der Waals surface area (Å²) in [4.78, 5) is 1.22. The van der Waals surface area contributed by atoms with Gasteiger partial charge in [-0.25, -0.2) is 0 Å². The Kier molecular flexibility index (Phi) is 1.88. The van der Waals surface area contributed by atoms with E-state index < -0.39 is 0 Å². The first-order chi connectivity index (χ1) is 6.93. The molecule has 0 aromatic carbocycles. The lowest BCUT2D eigenvalue weighted by atomic mass is 10.3. The van der Waals surface area contributed by atoms with Crippen molar-refractivity contribution >= 4 is 28.8 Å². The second-order valence-corrected chi connectivity index (χ2v) is 4.66. The van der Waals surface area contributed by atoms with Gasteiger partial charge in [0.15, 0.2) is 0 Å². The maximum absolute atomic E-state index is 4.45. The van der Waals surface area contributed by atoms with E-state index in [4.69, 9.17) is 0 Å². The number of rotatable bonds is 1. The van der Waals surface area contributed by atoms with Gasteiger partial charge in [-0.15, -0.1) is 21.5 Å². The van der Waals surface area contributed by atoms with Crippen LogP contribution in [0.15, 0.2) is 34.1 Å². The molecule has 0 N–H and O–H groups in total. The fourth-order valence-electron chi connectivity index (χ4n) is 1.24. The van der Waals surface area contributed by atoms with Crippen LogP contribution in [0.25, 0.3) is 0 Å². The lowest BCUT2D eigenvalue weighted by Gasteiger charge is -2.09. The molecule has 14 heavy (non-hydrogen) atoms. The quantitative estimate of drug-likeness (QED) is 0.737. The van der Waals surface area contributed by atoms with E-state index in [1.54, 1.807) is 34.1 Å². The SMILES string of the molecule is c1csc(C2=Nn3cnnc3SC2)c1. The van der Waals surface area contributed by atoms with Gasteiger partial charge in [0.1, 0.15) is 6.33 Å². The van der Waals surface area contributed by atoms with Gasteiger partial charge in [-0.2, -0.15) is 9.78 Å². The average Bonchev–Trinajstić information content (AvgIpc) is 2.88. The highest BCUT2D eigenvalue weighted by atomic mass is 32.2. The first-order valence-electron chi connectivity index (χ1n) is 4.08. The van der Waals surface area contributed by atoms with E-state index >= 15 is 0 Å². The van der Waals surface area contributed by atoms with Crippen molar-refractivity contribution in [1.29, 1.82) is 0 Å². The molecule has 2 aromatic heterocycles. The van der Waals surface area contributed by atoms with E-state index in [0.717, 1.165) is 16.6 Å². The van der Waals surface area contributed by atoms with Crippen molar-refractivity contribution in [3.63, 3.8) is 0 Å². The van der Waals surface area contributed by atoms with Crippen LogP contribution in [0.5, 0.6) is 0 Å². The molecule has 2 aromatic rings. The molecule has 0 spiro atoms. The molecule has 0 amide bonds. The molecule has 0 saturated carbocycles. The Bertz CT molecular complexity index is 471. The maximum Gasteiger partial charge on any atom is 0.212 e. The van der Waals surface area contributed by atoms with Gasteiger partial charge in [-0.3, -0.25) is 0 Å². The Morgan fingerprint density at radius 2 is 2.43 bits per heavy atom. The summed E-state index contributed by atoms with van der Waals surface area (Å²) in [6, 6.07) is 4.12. The smallest absolute Gasteiger partial charge is 0.194 e. The lowest BCUT2D eigenvalue weighted by Crippen LogP contribution is -2.11. The Morgan fingerprint density at radius 3 is 3.29 bits per heavy atom. The van der Waals surface area contributed by atoms with Crippen molar-refractivity contribution < 1.29 is 0 Å². The molecule has 0 radical (unpaired) electrons. The summed E-state index contributed by atoms with van der Waals surface area (Å²) in [6.07, 6.45) is 1.63. The summed E-state index contributed by atoms with van der Waals surface area (Å²) in [5, 5.41) is 15.1. The topological polar surface area (TPSA) is 43.1 Å². The Labute approximate surface area is 88.7 Å². The molecule has 0 unspecified atom stereocenters. The third-order valence-electron chi connectivity index (χ3n) is 1.87. The van der Waals surface area contributed by atoms with Crippen LogP contribution < -0.4 is 0 Å². The highest BCUT2D eigenvalue weighted by molar-refractivity contribution is 7.99. The van der Waals surface area contributed by atoms with Gasteiger partial charge in [0.2, 0.25) is 5.16 Å². The monoisotopic (exact) mass is 222 g/mol. The molecule has 0 aliphatic carbocycles. The molecule has 3 rings (SSSR count). The number of nitrogens with zero attached hydrogens (tertiary/aromatic N) is 4. The van der Waals surface area contributed by atoms with Crippen LogP contribution >= 0.6 is 23.1 Å². The molecule has 6 heteroatoms. The van der Waals surface area contributed by atoms with Crippen LogP contribution in [0.4, 0.5) is 0 Å². The molecule has 0 bridgehead atoms. The van der Waals surface area contributed by atoms with E-state index in [1.807, 2.05) is 6.07 Å². The van der Waals surface area contributed by atoms with E-state index in [9.17, 15) is 0 Å². The molecule has 0 saturated heterocycles. The van der Waals surface area contributed by atoms with Gasteiger partial charge in [0.25, 0.3) is 0 Å². The molecule has 70 valence electrons. The van der Waals surface area contributed by atoms with E-state index in [1.165, 1.54) is 4.88 Å². The molecule has 1 aliphatic rings. The van der Waals surface area contributed by atoms with Crippen molar-refractivity contribution in [1.82, 2.24) is 14.9 Å². The van der Waals surface area contributed by atoms with Crippen molar-refractivity contribution in [3.8, 4) is 0 Å². The highest BCUT2D eigenvalue weighted by Gasteiger charge is 2.15. The van der Waals surface area contributed by atoms with E-state index in [2.05, 4.69) is 26.7 Å². The van der Waals surface area contributed by atoms with Gasteiger partial charge in [0.05, 0.1) is 10.6 Å². The predicted octanol–water partition coefficient (Wildman–Crippen LogP) is 1.70. The zero-order chi connectivity index (χ0) is 9.38. The molecule has 0 atom stereocenters. The minimum atomic E-state index is 0.866. The van der Waals surface area contributed by atoms with Crippen LogP contribution in [0.1, 0.15) is 4.88 Å². The summed E-state index contributed by atoms with van der Waals surface area (Å²) >= 11 is 3.38. The predicted molar refractivity (Wildman–Crippen MR) is 57.0 cm³/mol. The van der Waals surface area contributed by atoms with E-state index in [-0.39, 0.29) is 0 Å². The number of hydrogen-bond acceptors (Lipinski definition) is 5. The molecule has 4 nitrogen and oxygen atoms in total. The maximum atomic E-state index is 4.45. The molecule has 0 fully saturated rings. The van der Waals surface area contributed by atoms with E-state index in [0.29, 0.717) is 0 Å². The summed E-state index contributed by atoms with van der Waals surface area (Å²) < 4.78 is 1.73. The largest absolute Gasteiger partial charge is 0.212 e. The fourth-order valence-corrected chi connectivity index (χ4v) is 2.84. The van der Waals surface area contributed by atoms with Gasteiger partial charge in [-0.05, 0) is 11.4 Å². The minimum absolute atomic E-state index is 0.866. The molecule has 1 aliphatic heterocycles. The number of thioether (sulfide) groups is 1. The van der Waals surface area contributed by atoms with Gasteiger partial charge in [0, 0.05) is 5.75 Å². The molecular weight excluding hydrogens is 216 g/mol. The third-order valence-corrected chi connectivity index (χ3v) is 3.74. The first-order valence-corrected chi connectivity index (χ1v) is 5.94. The van der Waals surface area contributed by atoms with Crippen LogP contribution in [0.2, 0.25) is 0 Å². The number of thiophene rings is 1. The fraction of sp³-hybridized carbons (Fsp3) is 0.125. The van der Waals surface area contributed by atoms with Crippen LogP contribution in [-0.2, 0) is 0 Å². The summed E-state index contributed by atoms with van der Waals surface area (Å²) in [5.74, 6) is 0.874. The lowest BCUT2D eigenvalue weighted by molar-refractivity contribution is 0.757. The van der Waals surface area contributed by atoms with Crippen molar-refractivity contribution in [2.75, 3.05) is 5.75 Å². The van der Waals surface area contributed by atoms with Gasteiger partial charge < -0.3 is 0 Å². The second-order valence-electron chi connectivity index (χ2n) is 2.77. The number of fused-ring (bicyclic) bond motifs is 1. The number of hydrogen-bond donors (Lipinski definition) is 0. The van der Waals surface area contributed by atoms with Crippen molar-refractivity contribution in [3.05, 3.63) is 28.7 Å². The summed E-state index contributed by atoms with van der Waals surface area (Å²) in [7, 11) is 0. The van der Waals surface area contributed by atoms with Crippen molar-refractivity contribution in [2.45, 2.75) is 5.16 Å². The normalized spacial score (nSPS) is 15.0. The highest BCUT2D eigenvalue weighted by Crippen LogP contribution is 2.23. The summed E-state index contributed by atoms with van der Waals surface area (Å²) in [5.41, 5.74) is 1.09. The first kappa shape index (κ1) is 8.19. The van der Waals surface area contributed by atoms with Gasteiger partial charge in [-0.1, -0.05) is 17.8 Å². The van der Waals surface area contributed by atoms with Crippen LogP contribution in [-0.4, -0.2) is 26.3 Å². The Hall–Kier alpha value is -1.14. The zero-order valence-corrected chi connectivity index (χ0v) is 8.75. The third kappa shape index (κ3) is 1.27. The molecular formula is C8H6N4S2. The molecule has 3 heterocycles. The number of aromatic nitrogens is 3. The zero-order valence-electron chi connectivity index (χ0n) is 7.12.